The van der Waals surface area contributed by atoms with E-state index < -0.39 is 0 Å². The number of nitrogen functional groups attached to an aromatic ring is 1. The van der Waals surface area contributed by atoms with Crippen LogP contribution in [0.5, 0.6) is 0 Å². The first-order valence-corrected chi connectivity index (χ1v) is 7.16. The molecule has 0 unspecified atom stereocenters. The third-order valence-corrected chi connectivity index (χ3v) is 3.79. The number of nitrogens with two attached hydrogens (primary N) is 1. The van der Waals surface area contributed by atoms with Crippen LogP contribution in [0.4, 0.5) is 5.82 Å². The summed E-state index contributed by atoms with van der Waals surface area (Å²) in [7, 11) is 0. The summed E-state index contributed by atoms with van der Waals surface area (Å²) in [6, 6.07) is 0. The molecule has 0 aliphatic rings. The summed E-state index contributed by atoms with van der Waals surface area (Å²) in [6.45, 7) is 4.62. The van der Waals surface area contributed by atoms with Gasteiger partial charge in [-0.25, -0.2) is 25.7 Å². The van der Waals surface area contributed by atoms with Crippen molar-refractivity contribution in [1.29, 1.82) is 0 Å². The Balaban J connectivity index is 2.37. The Morgan fingerprint density at radius 1 is 1.45 bits per heavy atom. The molecule has 20 heavy (non-hydrogen) atoms. The van der Waals surface area contributed by atoms with E-state index in [4.69, 9.17) is 5.84 Å². The predicted octanol–water partition coefficient (Wildman–Crippen LogP) is 0.771. The highest BCUT2D eigenvalue weighted by atomic mass is 32.2. The molecule has 0 saturated heterocycles. The number of hydrazine groups is 1. The van der Waals surface area contributed by atoms with Gasteiger partial charge in [-0.1, -0.05) is 13.8 Å². The minimum absolute atomic E-state index is 0.210. The molecule has 8 nitrogen and oxygen atoms in total. The van der Waals surface area contributed by atoms with Gasteiger partial charge in [0.05, 0.1) is 0 Å². The van der Waals surface area contributed by atoms with Gasteiger partial charge < -0.3 is 5.43 Å². The molecular weight excluding hydrogens is 278 g/mol. The molecule has 0 aromatic carbocycles. The normalized spacial score (nSPS) is 10.8. The number of hydrogen-bond acceptors (Lipinski definition) is 7. The zero-order valence-electron chi connectivity index (χ0n) is 11.4. The molecular formula is C11H17N7OS. The molecule has 2 aromatic rings. The molecule has 0 bridgehead atoms. The Hall–Kier alpha value is -1.87. The van der Waals surface area contributed by atoms with Crippen molar-refractivity contribution in [3.8, 4) is 0 Å². The van der Waals surface area contributed by atoms with E-state index >= 15 is 0 Å². The van der Waals surface area contributed by atoms with Gasteiger partial charge in [0.25, 0.3) is 0 Å². The quantitative estimate of drug-likeness (QED) is 0.409. The molecule has 0 aliphatic heterocycles. The van der Waals surface area contributed by atoms with Crippen molar-refractivity contribution in [2.75, 3.05) is 5.43 Å². The second-order valence-corrected chi connectivity index (χ2v) is 5.02. The summed E-state index contributed by atoms with van der Waals surface area (Å²) in [5, 5.41) is 7.83. The maximum atomic E-state index is 11.7. The number of rotatable bonds is 6. The molecule has 0 aliphatic carbocycles. The molecule has 9 heteroatoms. The molecule has 0 fully saturated rings. The molecule has 0 saturated carbocycles. The van der Waals surface area contributed by atoms with Crippen LogP contribution in [-0.4, -0.2) is 24.7 Å². The molecule has 0 radical (unpaired) electrons. The lowest BCUT2D eigenvalue weighted by Gasteiger charge is -2.10. The summed E-state index contributed by atoms with van der Waals surface area (Å²) in [5.41, 5.74) is 3.25. The first kappa shape index (κ1) is 14.5. The summed E-state index contributed by atoms with van der Waals surface area (Å²) in [4.78, 5) is 20.0. The van der Waals surface area contributed by atoms with Gasteiger partial charge in [-0.15, -0.1) is 5.10 Å². The van der Waals surface area contributed by atoms with Gasteiger partial charge in [0.2, 0.25) is 0 Å². The first-order chi connectivity index (χ1) is 9.71. The summed E-state index contributed by atoms with van der Waals surface area (Å²) < 4.78 is 1.60. The maximum Gasteiger partial charge on any atom is 0.343 e. The van der Waals surface area contributed by atoms with Crippen molar-refractivity contribution in [2.45, 2.75) is 43.4 Å². The molecule has 2 heterocycles. The van der Waals surface area contributed by atoms with Gasteiger partial charge in [0.1, 0.15) is 17.2 Å². The minimum atomic E-state index is -0.210. The fraction of sp³-hybridized carbons (Fsp3) is 0.455. The lowest BCUT2D eigenvalue weighted by Crippen LogP contribution is -2.17. The Bertz CT molecular complexity index is 636. The number of hydrogen-bond donors (Lipinski definition) is 3. The Morgan fingerprint density at radius 3 is 2.90 bits per heavy atom. The Kier molecular flexibility index (Phi) is 4.74. The van der Waals surface area contributed by atoms with E-state index in [-0.39, 0.29) is 5.69 Å². The average Bonchev–Trinajstić information content (AvgIpc) is 2.80. The van der Waals surface area contributed by atoms with Crippen molar-refractivity contribution >= 4 is 17.6 Å². The summed E-state index contributed by atoms with van der Waals surface area (Å²) in [5.74, 6) is 6.03. The van der Waals surface area contributed by atoms with Gasteiger partial charge >= 0.3 is 5.69 Å². The topological polar surface area (TPSA) is 115 Å². The SMILES string of the molecule is CCCn1c(Sc2ncnc(NN)c2CC)n[nH]c1=O. The predicted molar refractivity (Wildman–Crippen MR) is 76.5 cm³/mol. The van der Waals surface area contributed by atoms with Crippen LogP contribution in [0.3, 0.4) is 0 Å². The molecule has 0 amide bonds. The molecule has 0 spiro atoms. The fourth-order valence-electron chi connectivity index (χ4n) is 1.82. The largest absolute Gasteiger partial charge is 0.343 e. The number of aromatic nitrogens is 5. The van der Waals surface area contributed by atoms with E-state index in [0.717, 1.165) is 23.4 Å². The van der Waals surface area contributed by atoms with Crippen LogP contribution in [0.15, 0.2) is 21.3 Å². The summed E-state index contributed by atoms with van der Waals surface area (Å²) >= 11 is 1.33. The van der Waals surface area contributed by atoms with E-state index in [2.05, 4.69) is 25.6 Å². The smallest absolute Gasteiger partial charge is 0.308 e. The number of aromatic amines is 1. The third kappa shape index (κ3) is 2.83. The Morgan fingerprint density at radius 2 is 2.25 bits per heavy atom. The first-order valence-electron chi connectivity index (χ1n) is 6.34. The van der Waals surface area contributed by atoms with Crippen molar-refractivity contribution in [1.82, 2.24) is 24.7 Å². The second-order valence-electron chi connectivity index (χ2n) is 4.07. The molecule has 2 aromatic heterocycles. The monoisotopic (exact) mass is 295 g/mol. The van der Waals surface area contributed by atoms with E-state index in [1.807, 2.05) is 13.8 Å². The molecule has 4 N–H and O–H groups in total. The summed E-state index contributed by atoms with van der Waals surface area (Å²) in [6.07, 6.45) is 3.02. The van der Waals surface area contributed by atoms with Gasteiger partial charge in [-0.2, -0.15) is 0 Å². The van der Waals surface area contributed by atoms with E-state index in [1.54, 1.807) is 4.57 Å². The number of nitrogens with one attached hydrogen (secondary N) is 2. The van der Waals surface area contributed by atoms with Gasteiger partial charge in [0.15, 0.2) is 5.16 Å². The van der Waals surface area contributed by atoms with Crippen molar-refractivity contribution in [3.05, 3.63) is 22.4 Å². The standard InChI is InChI=1S/C11H17N7OS/c1-3-5-18-10(19)16-17-11(18)20-9-7(4-2)8(15-12)13-6-14-9/h6H,3-5,12H2,1-2H3,(H,16,19)(H,13,14,15). The van der Waals surface area contributed by atoms with Crippen molar-refractivity contribution < 1.29 is 0 Å². The fourth-order valence-corrected chi connectivity index (χ4v) is 2.83. The number of H-pyrrole nitrogens is 1. The third-order valence-electron chi connectivity index (χ3n) is 2.75. The lowest BCUT2D eigenvalue weighted by molar-refractivity contribution is 0.603. The lowest BCUT2D eigenvalue weighted by atomic mass is 10.2. The molecule has 0 atom stereocenters. The highest BCUT2D eigenvalue weighted by Gasteiger charge is 2.15. The zero-order chi connectivity index (χ0) is 14.5. The highest BCUT2D eigenvalue weighted by molar-refractivity contribution is 7.99. The highest BCUT2D eigenvalue weighted by Crippen LogP contribution is 2.29. The van der Waals surface area contributed by atoms with Crippen molar-refractivity contribution in [2.24, 2.45) is 5.84 Å². The average molecular weight is 295 g/mol. The van der Waals surface area contributed by atoms with Crippen LogP contribution in [0.2, 0.25) is 0 Å². The van der Waals surface area contributed by atoms with Gasteiger partial charge in [-0.05, 0) is 24.6 Å². The Labute approximate surface area is 120 Å². The number of nitrogens with zero attached hydrogens (tertiary/aromatic N) is 4. The molecule has 108 valence electrons. The minimum Gasteiger partial charge on any atom is -0.308 e. The van der Waals surface area contributed by atoms with Gasteiger partial charge in [-0.3, -0.25) is 4.57 Å². The van der Waals surface area contributed by atoms with Crippen LogP contribution >= 0.6 is 11.8 Å². The van der Waals surface area contributed by atoms with E-state index in [9.17, 15) is 4.79 Å². The van der Waals surface area contributed by atoms with Gasteiger partial charge in [0, 0.05) is 12.1 Å². The van der Waals surface area contributed by atoms with Crippen LogP contribution in [0.25, 0.3) is 0 Å². The molecule has 2 rings (SSSR count). The van der Waals surface area contributed by atoms with E-state index in [0.29, 0.717) is 17.5 Å². The van der Waals surface area contributed by atoms with Crippen LogP contribution in [-0.2, 0) is 13.0 Å². The van der Waals surface area contributed by atoms with Crippen LogP contribution < -0.4 is 17.0 Å². The second kappa shape index (κ2) is 6.53. The maximum absolute atomic E-state index is 11.7. The van der Waals surface area contributed by atoms with Crippen molar-refractivity contribution in [3.63, 3.8) is 0 Å². The number of anilines is 1. The van der Waals surface area contributed by atoms with E-state index in [1.165, 1.54) is 18.1 Å². The van der Waals surface area contributed by atoms with Crippen LogP contribution in [0.1, 0.15) is 25.8 Å². The zero-order valence-corrected chi connectivity index (χ0v) is 12.2. The van der Waals surface area contributed by atoms with Crippen LogP contribution in [0, 0.1) is 0 Å².